The van der Waals surface area contributed by atoms with Crippen molar-refractivity contribution in [3.05, 3.63) is 10.7 Å². The van der Waals surface area contributed by atoms with Gasteiger partial charge in [0.15, 0.2) is 5.15 Å². The number of halogens is 1. The van der Waals surface area contributed by atoms with Crippen molar-refractivity contribution in [1.82, 2.24) is 4.37 Å². The lowest BCUT2D eigenvalue weighted by Gasteiger charge is -2.23. The highest BCUT2D eigenvalue weighted by atomic mass is 35.5. The third-order valence-electron chi connectivity index (χ3n) is 3.37. The van der Waals surface area contributed by atoms with Crippen molar-refractivity contribution in [2.75, 3.05) is 18.0 Å². The first-order chi connectivity index (χ1) is 8.03. The van der Waals surface area contributed by atoms with Gasteiger partial charge in [-0.3, -0.25) is 0 Å². The molecule has 0 saturated carbocycles. The number of hydrogen-bond acceptors (Lipinski definition) is 4. The van der Waals surface area contributed by atoms with Crippen LogP contribution in [0.5, 0.6) is 0 Å². The fourth-order valence-electron chi connectivity index (χ4n) is 2.20. The SMILES string of the molecule is CC1(C)CCCN(c2snc(Cl)c2C#N)CC1. The Morgan fingerprint density at radius 2 is 2.18 bits per heavy atom. The predicted octanol–water partition coefficient (Wildman–Crippen LogP) is 3.68. The third-order valence-corrected chi connectivity index (χ3v) is 4.65. The fraction of sp³-hybridized carbons (Fsp3) is 0.667. The van der Waals surface area contributed by atoms with Gasteiger partial charge >= 0.3 is 0 Å². The summed E-state index contributed by atoms with van der Waals surface area (Å²) in [7, 11) is 0. The van der Waals surface area contributed by atoms with Crippen molar-refractivity contribution >= 4 is 28.1 Å². The van der Waals surface area contributed by atoms with E-state index in [1.54, 1.807) is 0 Å². The van der Waals surface area contributed by atoms with Gasteiger partial charge in [-0.15, -0.1) is 0 Å². The molecule has 0 radical (unpaired) electrons. The van der Waals surface area contributed by atoms with Crippen LogP contribution in [-0.2, 0) is 0 Å². The molecular formula is C12H16ClN3S. The van der Waals surface area contributed by atoms with E-state index < -0.39 is 0 Å². The van der Waals surface area contributed by atoms with Crippen molar-refractivity contribution in [3.8, 4) is 6.07 Å². The normalized spacial score (nSPS) is 19.8. The van der Waals surface area contributed by atoms with Gasteiger partial charge in [-0.2, -0.15) is 9.64 Å². The largest absolute Gasteiger partial charge is 0.361 e. The van der Waals surface area contributed by atoms with Crippen LogP contribution in [0.3, 0.4) is 0 Å². The average molecular weight is 270 g/mol. The molecule has 1 aromatic rings. The Hall–Kier alpha value is -0.790. The van der Waals surface area contributed by atoms with Crippen LogP contribution in [0.15, 0.2) is 0 Å². The maximum atomic E-state index is 9.10. The summed E-state index contributed by atoms with van der Waals surface area (Å²) in [6, 6.07) is 2.16. The van der Waals surface area contributed by atoms with E-state index in [1.165, 1.54) is 18.0 Å². The molecule has 0 aromatic carbocycles. The highest BCUT2D eigenvalue weighted by Gasteiger charge is 2.26. The summed E-state index contributed by atoms with van der Waals surface area (Å²) < 4.78 is 4.07. The summed E-state index contributed by atoms with van der Waals surface area (Å²) in [5.41, 5.74) is 0.937. The molecule has 3 nitrogen and oxygen atoms in total. The van der Waals surface area contributed by atoms with Crippen LogP contribution in [-0.4, -0.2) is 17.5 Å². The molecule has 0 atom stereocenters. The van der Waals surface area contributed by atoms with E-state index in [1.807, 2.05) is 0 Å². The lowest BCUT2D eigenvalue weighted by atomic mass is 9.85. The van der Waals surface area contributed by atoms with Gasteiger partial charge in [0.25, 0.3) is 0 Å². The number of nitrogens with zero attached hydrogens (tertiary/aromatic N) is 3. The zero-order chi connectivity index (χ0) is 12.5. The van der Waals surface area contributed by atoms with E-state index >= 15 is 0 Å². The molecule has 0 amide bonds. The Morgan fingerprint density at radius 3 is 2.88 bits per heavy atom. The molecule has 0 unspecified atom stereocenters. The predicted molar refractivity (Wildman–Crippen MR) is 71.7 cm³/mol. The molecule has 0 N–H and O–H groups in total. The molecule has 1 aliphatic heterocycles. The van der Waals surface area contributed by atoms with Gasteiger partial charge in [-0.05, 0) is 36.2 Å². The maximum absolute atomic E-state index is 9.10. The molecule has 1 aromatic heterocycles. The summed E-state index contributed by atoms with van der Waals surface area (Å²) in [4.78, 5) is 2.26. The molecule has 2 heterocycles. The monoisotopic (exact) mass is 269 g/mol. The summed E-state index contributed by atoms with van der Waals surface area (Å²) in [6.07, 6.45) is 3.54. The molecule has 0 spiro atoms. The second-order valence-electron chi connectivity index (χ2n) is 5.27. The fourth-order valence-corrected chi connectivity index (χ4v) is 3.28. The van der Waals surface area contributed by atoms with Gasteiger partial charge in [0.1, 0.15) is 16.6 Å². The van der Waals surface area contributed by atoms with Gasteiger partial charge in [0, 0.05) is 13.1 Å². The van der Waals surface area contributed by atoms with Gasteiger partial charge in [-0.1, -0.05) is 25.4 Å². The van der Waals surface area contributed by atoms with Crippen LogP contribution in [0.1, 0.15) is 38.7 Å². The molecule has 1 saturated heterocycles. The van der Waals surface area contributed by atoms with E-state index in [9.17, 15) is 0 Å². The zero-order valence-corrected chi connectivity index (χ0v) is 11.7. The Morgan fingerprint density at radius 1 is 1.41 bits per heavy atom. The highest BCUT2D eigenvalue weighted by molar-refractivity contribution is 7.10. The second kappa shape index (κ2) is 4.83. The Bertz CT molecular complexity index is 447. The smallest absolute Gasteiger partial charge is 0.162 e. The lowest BCUT2D eigenvalue weighted by molar-refractivity contribution is 0.325. The Labute approximate surface area is 111 Å². The molecule has 17 heavy (non-hydrogen) atoms. The van der Waals surface area contributed by atoms with E-state index in [2.05, 4.69) is 29.2 Å². The average Bonchev–Trinajstić information content (AvgIpc) is 2.54. The molecule has 1 fully saturated rings. The molecule has 1 aliphatic rings. The molecule has 5 heteroatoms. The molecule has 92 valence electrons. The van der Waals surface area contributed by atoms with Gasteiger partial charge in [-0.25, -0.2) is 0 Å². The number of hydrogen-bond donors (Lipinski definition) is 0. The van der Waals surface area contributed by atoms with Crippen molar-refractivity contribution in [1.29, 1.82) is 5.26 Å². The zero-order valence-electron chi connectivity index (χ0n) is 10.2. The molecule has 0 bridgehead atoms. The van der Waals surface area contributed by atoms with E-state index in [-0.39, 0.29) is 0 Å². The van der Waals surface area contributed by atoms with Gasteiger partial charge in [0.05, 0.1) is 0 Å². The standard InChI is InChI=1S/C12H16ClN3S/c1-12(2)4-3-6-16(7-5-12)11-9(8-14)10(13)15-17-11/h3-7H2,1-2H3. The van der Waals surface area contributed by atoms with Crippen LogP contribution >= 0.6 is 23.1 Å². The minimum absolute atomic E-state index is 0.344. The first kappa shape index (κ1) is 12.7. The third kappa shape index (κ3) is 2.72. The van der Waals surface area contributed by atoms with Crippen molar-refractivity contribution < 1.29 is 0 Å². The minimum atomic E-state index is 0.344. The number of anilines is 1. The second-order valence-corrected chi connectivity index (χ2v) is 6.38. The minimum Gasteiger partial charge on any atom is -0.361 e. The van der Waals surface area contributed by atoms with Crippen LogP contribution in [0.4, 0.5) is 5.00 Å². The van der Waals surface area contributed by atoms with Gasteiger partial charge < -0.3 is 4.90 Å². The summed E-state index contributed by atoms with van der Waals surface area (Å²) in [5, 5.41) is 10.4. The number of nitriles is 1. The maximum Gasteiger partial charge on any atom is 0.162 e. The number of rotatable bonds is 1. The lowest BCUT2D eigenvalue weighted by Crippen LogP contribution is -2.24. The highest BCUT2D eigenvalue weighted by Crippen LogP contribution is 2.36. The van der Waals surface area contributed by atoms with Crippen LogP contribution in [0, 0.1) is 16.7 Å². The Kier molecular flexibility index (Phi) is 3.60. The van der Waals surface area contributed by atoms with Crippen LogP contribution in [0.25, 0.3) is 0 Å². The molecule has 0 aliphatic carbocycles. The molecule has 2 rings (SSSR count). The Balaban J connectivity index is 2.20. The van der Waals surface area contributed by atoms with E-state index in [4.69, 9.17) is 16.9 Å². The molecular weight excluding hydrogens is 254 g/mol. The van der Waals surface area contributed by atoms with Crippen LogP contribution in [0.2, 0.25) is 5.15 Å². The summed E-state index contributed by atoms with van der Waals surface area (Å²) >= 11 is 7.25. The van der Waals surface area contributed by atoms with E-state index in [0.717, 1.165) is 30.9 Å². The first-order valence-electron chi connectivity index (χ1n) is 5.84. The van der Waals surface area contributed by atoms with Crippen molar-refractivity contribution in [3.63, 3.8) is 0 Å². The van der Waals surface area contributed by atoms with Crippen molar-refractivity contribution in [2.24, 2.45) is 5.41 Å². The number of aromatic nitrogens is 1. The summed E-state index contributed by atoms with van der Waals surface area (Å²) in [6.45, 7) is 6.60. The van der Waals surface area contributed by atoms with Crippen molar-refractivity contribution in [2.45, 2.75) is 33.1 Å². The summed E-state index contributed by atoms with van der Waals surface area (Å²) in [5.74, 6) is 0. The topological polar surface area (TPSA) is 39.9 Å². The van der Waals surface area contributed by atoms with E-state index in [0.29, 0.717) is 16.1 Å². The van der Waals surface area contributed by atoms with Crippen LogP contribution < -0.4 is 4.90 Å². The van der Waals surface area contributed by atoms with Gasteiger partial charge in [0.2, 0.25) is 0 Å². The quantitative estimate of drug-likeness (QED) is 0.781. The first-order valence-corrected chi connectivity index (χ1v) is 6.99.